The number of pyridine rings is 1. The monoisotopic (exact) mass is 299 g/mol. The summed E-state index contributed by atoms with van der Waals surface area (Å²) in [6.45, 7) is 0.753. The molecule has 19 heavy (non-hydrogen) atoms. The van der Waals surface area contributed by atoms with Crippen LogP contribution in [0.1, 0.15) is 30.9 Å². The third kappa shape index (κ3) is 2.92. The maximum absolute atomic E-state index is 10.5. The summed E-state index contributed by atoms with van der Waals surface area (Å²) in [6, 6.07) is 3.60. The molecule has 3 unspecified atom stereocenters. The minimum atomic E-state index is -0.462. The Balaban J connectivity index is 1.72. The molecule has 5 heteroatoms. The molecule has 0 amide bonds. The Hall–Kier alpha value is -0.290. The van der Waals surface area contributed by atoms with Gasteiger partial charge in [0, 0.05) is 18.6 Å². The van der Waals surface area contributed by atoms with Gasteiger partial charge in [-0.1, -0.05) is 17.7 Å². The number of hydrogen-bond acceptors (Lipinski definition) is 4. The van der Waals surface area contributed by atoms with Crippen LogP contribution in [0.5, 0.6) is 0 Å². The van der Waals surface area contributed by atoms with E-state index in [0.29, 0.717) is 5.15 Å². The van der Waals surface area contributed by atoms with Crippen LogP contribution in [0.4, 0.5) is 0 Å². The van der Waals surface area contributed by atoms with E-state index in [0.717, 1.165) is 37.2 Å². The van der Waals surface area contributed by atoms with E-state index in [2.05, 4.69) is 4.98 Å². The number of aromatic nitrogens is 1. The Labute approximate surface area is 122 Å². The Bertz CT molecular complexity index is 434. The number of thioether (sulfide) groups is 1. The molecule has 0 bridgehead atoms. The van der Waals surface area contributed by atoms with Crippen molar-refractivity contribution in [3.05, 3.63) is 29.0 Å². The fourth-order valence-electron chi connectivity index (χ4n) is 3.03. The summed E-state index contributed by atoms with van der Waals surface area (Å²) in [5, 5.41) is 11.0. The van der Waals surface area contributed by atoms with Crippen LogP contribution in [0.2, 0.25) is 5.15 Å². The first-order chi connectivity index (χ1) is 9.19. The molecule has 3 nitrogen and oxygen atoms in total. The van der Waals surface area contributed by atoms with E-state index in [1.807, 2.05) is 17.8 Å². The molecule has 2 aliphatic heterocycles. The second-order valence-corrected chi connectivity index (χ2v) is 6.94. The van der Waals surface area contributed by atoms with Crippen LogP contribution >= 0.6 is 23.4 Å². The zero-order valence-electron chi connectivity index (χ0n) is 10.7. The second kappa shape index (κ2) is 5.60. The lowest BCUT2D eigenvalue weighted by atomic mass is 9.80. The quantitative estimate of drug-likeness (QED) is 0.852. The molecule has 0 aromatic carbocycles. The number of aliphatic hydroxyl groups is 1. The van der Waals surface area contributed by atoms with Gasteiger partial charge in [0.25, 0.3) is 0 Å². The van der Waals surface area contributed by atoms with E-state index < -0.39 is 6.10 Å². The van der Waals surface area contributed by atoms with E-state index >= 15 is 0 Å². The van der Waals surface area contributed by atoms with Gasteiger partial charge in [-0.25, -0.2) is 4.98 Å². The van der Waals surface area contributed by atoms with Crippen LogP contribution in [0.25, 0.3) is 0 Å². The van der Waals surface area contributed by atoms with Crippen molar-refractivity contribution in [3.8, 4) is 0 Å². The smallest absolute Gasteiger partial charge is 0.129 e. The lowest BCUT2D eigenvalue weighted by Crippen LogP contribution is -2.41. The summed E-state index contributed by atoms with van der Waals surface area (Å²) in [5.41, 5.74) is 0.867. The van der Waals surface area contributed by atoms with Crippen LogP contribution in [-0.4, -0.2) is 33.8 Å². The van der Waals surface area contributed by atoms with E-state index in [4.69, 9.17) is 16.3 Å². The van der Waals surface area contributed by atoms with Gasteiger partial charge in [-0.2, -0.15) is 11.8 Å². The molecule has 0 saturated carbocycles. The minimum absolute atomic E-state index is 0.00835. The van der Waals surface area contributed by atoms with Crippen LogP contribution in [0, 0.1) is 5.92 Å². The van der Waals surface area contributed by atoms with Crippen molar-refractivity contribution < 1.29 is 9.84 Å². The second-order valence-electron chi connectivity index (χ2n) is 5.45. The average Bonchev–Trinajstić information content (AvgIpc) is 2.87. The standard InChI is InChI=1S/C14H18ClNO2S/c15-12-2-1-11(8-16-12)13(17)10-3-5-18-14(7-10)4-6-19-9-14/h1-2,8,10,13,17H,3-7,9H2. The molecule has 0 aliphatic carbocycles. The van der Waals surface area contributed by atoms with Gasteiger partial charge in [0.05, 0.1) is 11.7 Å². The summed E-state index contributed by atoms with van der Waals surface area (Å²) < 4.78 is 5.99. The maximum Gasteiger partial charge on any atom is 0.129 e. The lowest BCUT2D eigenvalue weighted by molar-refractivity contribution is -0.102. The SMILES string of the molecule is OC(c1ccc(Cl)nc1)C1CCOC2(CCSC2)C1. The highest BCUT2D eigenvalue weighted by Gasteiger charge is 2.42. The maximum atomic E-state index is 10.5. The molecule has 0 radical (unpaired) electrons. The Morgan fingerprint density at radius 3 is 3.11 bits per heavy atom. The number of halogens is 1. The number of hydrogen-bond donors (Lipinski definition) is 1. The van der Waals surface area contributed by atoms with Crippen molar-refractivity contribution in [2.24, 2.45) is 5.92 Å². The molecular weight excluding hydrogens is 282 g/mol. The van der Waals surface area contributed by atoms with Gasteiger partial charge in [-0.05, 0) is 42.6 Å². The molecule has 1 spiro atoms. The van der Waals surface area contributed by atoms with Crippen LogP contribution in [-0.2, 0) is 4.74 Å². The normalized spacial score (nSPS) is 32.6. The van der Waals surface area contributed by atoms with Crippen molar-refractivity contribution in [2.45, 2.75) is 31.0 Å². The number of aliphatic hydroxyl groups excluding tert-OH is 1. The molecule has 1 aromatic heterocycles. The van der Waals surface area contributed by atoms with Crippen molar-refractivity contribution in [2.75, 3.05) is 18.1 Å². The molecule has 1 aromatic rings. The van der Waals surface area contributed by atoms with Crippen LogP contribution < -0.4 is 0 Å². The summed E-state index contributed by atoms with van der Waals surface area (Å²) >= 11 is 7.74. The van der Waals surface area contributed by atoms with Gasteiger partial charge in [0.1, 0.15) is 5.15 Å². The summed E-state index contributed by atoms with van der Waals surface area (Å²) in [4.78, 5) is 4.05. The fourth-order valence-corrected chi connectivity index (χ4v) is 4.52. The van der Waals surface area contributed by atoms with E-state index in [9.17, 15) is 5.11 Å². The van der Waals surface area contributed by atoms with E-state index in [1.165, 1.54) is 5.75 Å². The number of ether oxygens (including phenoxy) is 1. The van der Waals surface area contributed by atoms with Crippen molar-refractivity contribution in [1.82, 2.24) is 4.98 Å². The topological polar surface area (TPSA) is 42.4 Å². The Kier molecular flexibility index (Phi) is 4.03. The third-order valence-corrected chi connectivity index (χ3v) is 5.58. The predicted molar refractivity (Wildman–Crippen MR) is 77.6 cm³/mol. The Morgan fingerprint density at radius 2 is 2.42 bits per heavy atom. The van der Waals surface area contributed by atoms with Crippen LogP contribution in [0.15, 0.2) is 18.3 Å². The third-order valence-electron chi connectivity index (χ3n) is 4.14. The molecule has 104 valence electrons. The zero-order valence-corrected chi connectivity index (χ0v) is 12.3. The van der Waals surface area contributed by atoms with Crippen molar-refractivity contribution >= 4 is 23.4 Å². The van der Waals surface area contributed by atoms with Gasteiger partial charge in [0.2, 0.25) is 0 Å². The largest absolute Gasteiger partial charge is 0.388 e. The van der Waals surface area contributed by atoms with Crippen LogP contribution in [0.3, 0.4) is 0 Å². The summed E-state index contributed by atoms with van der Waals surface area (Å²) in [7, 11) is 0. The van der Waals surface area contributed by atoms with E-state index in [1.54, 1.807) is 12.3 Å². The molecule has 3 heterocycles. The molecule has 2 aliphatic rings. The van der Waals surface area contributed by atoms with Gasteiger partial charge < -0.3 is 9.84 Å². The zero-order chi connectivity index (χ0) is 13.3. The van der Waals surface area contributed by atoms with Gasteiger partial charge >= 0.3 is 0 Å². The molecule has 2 saturated heterocycles. The average molecular weight is 300 g/mol. The molecule has 3 atom stereocenters. The predicted octanol–water partition coefficient (Wildman–Crippen LogP) is 3.07. The highest BCUT2D eigenvalue weighted by atomic mass is 35.5. The summed E-state index contributed by atoms with van der Waals surface area (Å²) in [5.74, 6) is 2.50. The summed E-state index contributed by atoms with van der Waals surface area (Å²) in [6.07, 6.45) is 4.19. The first kappa shape index (κ1) is 13.7. The lowest BCUT2D eigenvalue weighted by Gasteiger charge is -2.39. The van der Waals surface area contributed by atoms with E-state index in [-0.39, 0.29) is 11.5 Å². The van der Waals surface area contributed by atoms with Gasteiger partial charge in [-0.15, -0.1) is 0 Å². The molecule has 2 fully saturated rings. The van der Waals surface area contributed by atoms with Gasteiger partial charge in [0.15, 0.2) is 0 Å². The highest BCUT2D eigenvalue weighted by Crippen LogP contribution is 2.43. The number of rotatable bonds is 2. The van der Waals surface area contributed by atoms with Crippen molar-refractivity contribution in [1.29, 1.82) is 0 Å². The van der Waals surface area contributed by atoms with Gasteiger partial charge in [-0.3, -0.25) is 0 Å². The highest BCUT2D eigenvalue weighted by molar-refractivity contribution is 7.99. The Morgan fingerprint density at radius 1 is 1.53 bits per heavy atom. The molecule has 1 N–H and O–H groups in total. The first-order valence-corrected chi connectivity index (χ1v) is 8.23. The minimum Gasteiger partial charge on any atom is -0.388 e. The van der Waals surface area contributed by atoms with Crippen molar-refractivity contribution in [3.63, 3.8) is 0 Å². The molecular formula is C14H18ClNO2S. The first-order valence-electron chi connectivity index (χ1n) is 6.70. The molecule has 3 rings (SSSR count). The number of nitrogens with zero attached hydrogens (tertiary/aromatic N) is 1. The fraction of sp³-hybridized carbons (Fsp3) is 0.643.